The Morgan fingerprint density at radius 2 is 2.29 bits per heavy atom. The van der Waals surface area contributed by atoms with Crippen molar-refractivity contribution in [3.8, 4) is 0 Å². The Bertz CT molecular complexity index is 350. The average molecular weight is 254 g/mol. The van der Waals surface area contributed by atoms with E-state index in [4.69, 9.17) is 16.3 Å². The van der Waals surface area contributed by atoms with Crippen LogP contribution in [0.15, 0.2) is 24.3 Å². The van der Waals surface area contributed by atoms with Gasteiger partial charge in [0.2, 0.25) is 0 Å². The molecule has 1 N–H and O–H groups in total. The highest BCUT2D eigenvalue weighted by molar-refractivity contribution is 6.31. The molecule has 2 nitrogen and oxygen atoms in total. The maximum absolute atomic E-state index is 6.18. The van der Waals surface area contributed by atoms with Crippen LogP contribution in [-0.4, -0.2) is 25.8 Å². The van der Waals surface area contributed by atoms with E-state index in [2.05, 4.69) is 11.4 Å². The molecule has 0 amide bonds. The van der Waals surface area contributed by atoms with E-state index in [1.807, 2.05) is 25.2 Å². The number of benzene rings is 1. The Morgan fingerprint density at radius 1 is 1.47 bits per heavy atom. The Balaban J connectivity index is 1.92. The van der Waals surface area contributed by atoms with E-state index < -0.39 is 0 Å². The van der Waals surface area contributed by atoms with Crippen LogP contribution < -0.4 is 5.32 Å². The summed E-state index contributed by atoms with van der Waals surface area (Å²) in [6.07, 6.45) is 4.86. The summed E-state index contributed by atoms with van der Waals surface area (Å²) in [5.74, 6) is 0. The monoisotopic (exact) mass is 253 g/mol. The van der Waals surface area contributed by atoms with Gasteiger partial charge in [0.1, 0.15) is 0 Å². The van der Waals surface area contributed by atoms with Gasteiger partial charge in [-0.25, -0.2) is 0 Å². The van der Waals surface area contributed by atoms with Gasteiger partial charge in [-0.3, -0.25) is 0 Å². The molecule has 1 heterocycles. The van der Waals surface area contributed by atoms with Gasteiger partial charge in [-0.2, -0.15) is 0 Å². The van der Waals surface area contributed by atoms with Gasteiger partial charge in [-0.1, -0.05) is 29.8 Å². The molecule has 0 bridgehead atoms. The van der Waals surface area contributed by atoms with E-state index in [1.165, 1.54) is 18.4 Å². The second kappa shape index (κ2) is 6.39. The van der Waals surface area contributed by atoms with Crippen molar-refractivity contribution < 1.29 is 4.74 Å². The Labute approximate surface area is 108 Å². The average Bonchev–Trinajstić information content (AvgIpc) is 2.84. The van der Waals surface area contributed by atoms with Gasteiger partial charge in [0.25, 0.3) is 0 Å². The van der Waals surface area contributed by atoms with Crippen molar-refractivity contribution in [1.29, 1.82) is 0 Å². The number of nitrogens with one attached hydrogen (secondary N) is 1. The molecule has 0 saturated carbocycles. The number of rotatable bonds is 5. The predicted octanol–water partition coefficient (Wildman–Crippen LogP) is 3.04. The Kier molecular flexibility index (Phi) is 4.84. The molecule has 1 aliphatic heterocycles. The summed E-state index contributed by atoms with van der Waals surface area (Å²) in [5, 5.41) is 4.23. The first-order valence-electron chi connectivity index (χ1n) is 6.32. The van der Waals surface area contributed by atoms with Crippen LogP contribution in [0, 0.1) is 0 Å². The van der Waals surface area contributed by atoms with Crippen molar-refractivity contribution in [2.24, 2.45) is 0 Å². The molecule has 0 spiro atoms. The lowest BCUT2D eigenvalue weighted by Gasteiger charge is -2.20. The molecule has 0 aromatic heterocycles. The third kappa shape index (κ3) is 3.70. The first-order chi connectivity index (χ1) is 8.29. The van der Waals surface area contributed by atoms with Crippen LogP contribution in [-0.2, 0) is 11.2 Å². The number of halogens is 1. The summed E-state index contributed by atoms with van der Waals surface area (Å²) in [5.41, 5.74) is 1.21. The van der Waals surface area contributed by atoms with Crippen LogP contribution in [0.4, 0.5) is 0 Å². The quantitative estimate of drug-likeness (QED) is 0.871. The molecule has 17 heavy (non-hydrogen) atoms. The minimum absolute atomic E-state index is 0.426. The maximum atomic E-state index is 6.18. The van der Waals surface area contributed by atoms with Crippen LogP contribution >= 0.6 is 11.6 Å². The third-order valence-electron chi connectivity index (χ3n) is 3.40. The maximum Gasteiger partial charge on any atom is 0.0590 e. The summed E-state index contributed by atoms with van der Waals surface area (Å²) in [6.45, 7) is 0.924. The van der Waals surface area contributed by atoms with Crippen LogP contribution in [0.2, 0.25) is 5.02 Å². The smallest absolute Gasteiger partial charge is 0.0590 e. The fourth-order valence-corrected chi connectivity index (χ4v) is 2.59. The Hall–Kier alpha value is -0.570. The van der Waals surface area contributed by atoms with Crippen LogP contribution in [0.5, 0.6) is 0 Å². The first kappa shape index (κ1) is 12.9. The van der Waals surface area contributed by atoms with E-state index in [9.17, 15) is 0 Å². The van der Waals surface area contributed by atoms with Gasteiger partial charge in [-0.05, 0) is 44.4 Å². The van der Waals surface area contributed by atoms with Gasteiger partial charge < -0.3 is 10.1 Å². The summed E-state index contributed by atoms with van der Waals surface area (Å²) in [6, 6.07) is 8.51. The van der Waals surface area contributed by atoms with E-state index in [-0.39, 0.29) is 0 Å². The molecule has 3 heteroatoms. The van der Waals surface area contributed by atoms with Crippen molar-refractivity contribution in [1.82, 2.24) is 5.32 Å². The standard InChI is InChI=1S/C14H20ClNO/c1-16-12(10-13-6-4-8-17-13)9-11-5-2-3-7-14(11)15/h2-3,5,7,12-13,16H,4,6,8-10H2,1H3. The zero-order chi connectivity index (χ0) is 12.1. The van der Waals surface area contributed by atoms with Gasteiger partial charge in [0.05, 0.1) is 6.10 Å². The molecule has 1 aliphatic rings. The lowest BCUT2D eigenvalue weighted by atomic mass is 9.99. The fourth-order valence-electron chi connectivity index (χ4n) is 2.38. The third-order valence-corrected chi connectivity index (χ3v) is 3.77. The van der Waals surface area contributed by atoms with Crippen molar-refractivity contribution in [3.63, 3.8) is 0 Å². The summed E-state index contributed by atoms with van der Waals surface area (Å²) in [7, 11) is 2.01. The zero-order valence-corrected chi connectivity index (χ0v) is 11.0. The molecular weight excluding hydrogens is 234 g/mol. The van der Waals surface area contributed by atoms with E-state index in [0.717, 1.165) is 24.5 Å². The SMILES string of the molecule is CNC(Cc1ccccc1Cl)CC1CCCO1. The van der Waals surface area contributed by atoms with Crippen LogP contribution in [0.1, 0.15) is 24.8 Å². The van der Waals surface area contributed by atoms with E-state index in [0.29, 0.717) is 12.1 Å². The normalized spacial score (nSPS) is 21.6. The highest BCUT2D eigenvalue weighted by atomic mass is 35.5. The highest BCUT2D eigenvalue weighted by Gasteiger charge is 2.20. The predicted molar refractivity (Wildman–Crippen MR) is 71.6 cm³/mol. The summed E-state index contributed by atoms with van der Waals surface area (Å²) < 4.78 is 5.68. The second-order valence-corrected chi connectivity index (χ2v) is 5.06. The van der Waals surface area contributed by atoms with Crippen molar-refractivity contribution >= 4 is 11.6 Å². The second-order valence-electron chi connectivity index (χ2n) is 4.65. The number of hydrogen-bond acceptors (Lipinski definition) is 2. The minimum Gasteiger partial charge on any atom is -0.378 e. The fraction of sp³-hybridized carbons (Fsp3) is 0.571. The van der Waals surface area contributed by atoms with E-state index in [1.54, 1.807) is 0 Å². The van der Waals surface area contributed by atoms with Crippen LogP contribution in [0.3, 0.4) is 0 Å². The molecule has 1 fully saturated rings. The number of ether oxygens (including phenoxy) is 1. The summed E-state index contributed by atoms with van der Waals surface area (Å²) >= 11 is 6.18. The van der Waals surface area contributed by atoms with Crippen molar-refractivity contribution in [2.75, 3.05) is 13.7 Å². The molecule has 2 unspecified atom stereocenters. The molecule has 0 aliphatic carbocycles. The topological polar surface area (TPSA) is 21.3 Å². The number of likely N-dealkylation sites (N-methyl/N-ethyl adjacent to an activating group) is 1. The Morgan fingerprint density at radius 3 is 2.94 bits per heavy atom. The van der Waals surface area contributed by atoms with Crippen molar-refractivity contribution in [3.05, 3.63) is 34.9 Å². The number of hydrogen-bond donors (Lipinski definition) is 1. The van der Waals surface area contributed by atoms with E-state index >= 15 is 0 Å². The minimum atomic E-state index is 0.426. The lowest BCUT2D eigenvalue weighted by molar-refractivity contribution is 0.0954. The highest BCUT2D eigenvalue weighted by Crippen LogP contribution is 2.21. The van der Waals surface area contributed by atoms with Gasteiger partial charge >= 0.3 is 0 Å². The molecule has 0 radical (unpaired) electrons. The van der Waals surface area contributed by atoms with Gasteiger partial charge in [-0.15, -0.1) is 0 Å². The van der Waals surface area contributed by atoms with Crippen molar-refractivity contribution in [2.45, 2.75) is 37.8 Å². The molecule has 1 aromatic carbocycles. The molecular formula is C14H20ClNO. The summed E-state index contributed by atoms with van der Waals surface area (Å²) in [4.78, 5) is 0. The van der Waals surface area contributed by atoms with Gasteiger partial charge in [0.15, 0.2) is 0 Å². The largest absolute Gasteiger partial charge is 0.378 e. The molecule has 94 valence electrons. The molecule has 1 saturated heterocycles. The lowest BCUT2D eigenvalue weighted by Crippen LogP contribution is -2.31. The van der Waals surface area contributed by atoms with Crippen LogP contribution in [0.25, 0.3) is 0 Å². The first-order valence-corrected chi connectivity index (χ1v) is 6.69. The zero-order valence-electron chi connectivity index (χ0n) is 10.3. The molecule has 1 aromatic rings. The molecule has 2 atom stereocenters. The van der Waals surface area contributed by atoms with Gasteiger partial charge in [0, 0.05) is 17.7 Å². The molecule has 2 rings (SSSR count).